The molecule has 2 aliphatic heterocycles. The Labute approximate surface area is 106 Å². The quantitative estimate of drug-likeness (QED) is 0.760. The predicted octanol–water partition coefficient (Wildman–Crippen LogP) is 1.84. The van der Waals surface area contributed by atoms with E-state index >= 15 is 0 Å². The second kappa shape index (κ2) is 4.52. The third kappa shape index (κ3) is 1.92. The molecular formula is C14H17NO3. The van der Waals surface area contributed by atoms with Gasteiger partial charge in [0.05, 0.1) is 0 Å². The number of fused-ring (bicyclic) bond motifs is 1. The Morgan fingerprint density at radius 2 is 1.78 bits per heavy atom. The highest BCUT2D eigenvalue weighted by Gasteiger charge is 2.37. The van der Waals surface area contributed by atoms with Gasteiger partial charge in [-0.1, -0.05) is 12.1 Å². The Morgan fingerprint density at radius 1 is 1.17 bits per heavy atom. The summed E-state index contributed by atoms with van der Waals surface area (Å²) in [5.41, 5.74) is 0. The van der Waals surface area contributed by atoms with Crippen molar-refractivity contribution in [2.75, 3.05) is 13.1 Å². The van der Waals surface area contributed by atoms with Gasteiger partial charge in [0.15, 0.2) is 11.5 Å². The molecule has 18 heavy (non-hydrogen) atoms. The topological polar surface area (TPSA) is 38.8 Å². The van der Waals surface area contributed by atoms with Crippen LogP contribution in [0.2, 0.25) is 0 Å². The first-order valence-corrected chi connectivity index (χ1v) is 6.47. The van der Waals surface area contributed by atoms with E-state index in [1.807, 2.05) is 36.1 Å². The zero-order valence-corrected chi connectivity index (χ0v) is 10.5. The second-order valence-corrected chi connectivity index (χ2v) is 4.84. The molecule has 0 aromatic heterocycles. The third-order valence-corrected chi connectivity index (χ3v) is 3.50. The van der Waals surface area contributed by atoms with Gasteiger partial charge >= 0.3 is 0 Å². The van der Waals surface area contributed by atoms with E-state index in [-0.39, 0.29) is 12.0 Å². The van der Waals surface area contributed by atoms with Crippen molar-refractivity contribution in [2.45, 2.75) is 32.0 Å². The van der Waals surface area contributed by atoms with Crippen LogP contribution >= 0.6 is 0 Å². The van der Waals surface area contributed by atoms with Crippen molar-refractivity contribution >= 4 is 5.91 Å². The molecule has 4 nitrogen and oxygen atoms in total. The number of hydrogen-bond donors (Lipinski definition) is 0. The average molecular weight is 247 g/mol. The largest absolute Gasteiger partial charge is 0.482 e. The van der Waals surface area contributed by atoms with Gasteiger partial charge in [-0.15, -0.1) is 0 Å². The van der Waals surface area contributed by atoms with Crippen LogP contribution in [-0.4, -0.2) is 36.1 Å². The van der Waals surface area contributed by atoms with E-state index in [4.69, 9.17) is 9.47 Å². The first kappa shape index (κ1) is 11.4. The monoisotopic (exact) mass is 247 g/mol. The lowest BCUT2D eigenvalue weighted by molar-refractivity contribution is -0.143. The van der Waals surface area contributed by atoms with Gasteiger partial charge in [0, 0.05) is 13.1 Å². The number of para-hydroxylation sites is 2. The van der Waals surface area contributed by atoms with E-state index in [2.05, 4.69) is 0 Å². The number of benzene rings is 1. The molecule has 3 rings (SSSR count). The van der Waals surface area contributed by atoms with Crippen LogP contribution in [0.5, 0.6) is 11.5 Å². The van der Waals surface area contributed by atoms with Gasteiger partial charge in [-0.3, -0.25) is 4.79 Å². The molecule has 2 atom stereocenters. The maximum atomic E-state index is 12.3. The lowest BCUT2D eigenvalue weighted by Gasteiger charge is -2.33. The molecule has 2 unspecified atom stereocenters. The first-order chi connectivity index (χ1) is 8.75. The van der Waals surface area contributed by atoms with Crippen molar-refractivity contribution in [1.29, 1.82) is 0 Å². The molecule has 0 spiro atoms. The Morgan fingerprint density at radius 3 is 2.44 bits per heavy atom. The molecule has 96 valence electrons. The van der Waals surface area contributed by atoms with Gasteiger partial charge in [-0.25, -0.2) is 0 Å². The maximum Gasteiger partial charge on any atom is 0.267 e. The second-order valence-electron chi connectivity index (χ2n) is 4.84. The number of amides is 1. The summed E-state index contributed by atoms with van der Waals surface area (Å²) in [6.45, 7) is 3.56. The number of carbonyl (C=O) groups excluding carboxylic acids is 1. The number of hydrogen-bond acceptors (Lipinski definition) is 3. The van der Waals surface area contributed by atoms with Crippen LogP contribution in [-0.2, 0) is 4.79 Å². The Balaban J connectivity index is 1.79. The number of carbonyl (C=O) groups is 1. The first-order valence-electron chi connectivity index (χ1n) is 6.47. The van der Waals surface area contributed by atoms with E-state index in [1.165, 1.54) is 0 Å². The van der Waals surface area contributed by atoms with Crippen molar-refractivity contribution in [3.63, 3.8) is 0 Å². The summed E-state index contributed by atoms with van der Waals surface area (Å²) in [5.74, 6) is 1.43. The summed E-state index contributed by atoms with van der Waals surface area (Å²) in [6, 6.07) is 7.49. The predicted molar refractivity (Wildman–Crippen MR) is 66.8 cm³/mol. The molecular weight excluding hydrogens is 230 g/mol. The van der Waals surface area contributed by atoms with Crippen molar-refractivity contribution < 1.29 is 14.3 Å². The molecule has 1 fully saturated rings. The van der Waals surface area contributed by atoms with Crippen molar-refractivity contribution in [1.82, 2.24) is 4.90 Å². The van der Waals surface area contributed by atoms with E-state index in [9.17, 15) is 4.79 Å². The molecule has 2 heterocycles. The van der Waals surface area contributed by atoms with Crippen LogP contribution in [0.25, 0.3) is 0 Å². The molecule has 4 heteroatoms. The maximum absolute atomic E-state index is 12.3. The Hall–Kier alpha value is -1.71. The molecule has 0 aliphatic carbocycles. The molecule has 0 saturated carbocycles. The Bertz CT molecular complexity index is 454. The summed E-state index contributed by atoms with van der Waals surface area (Å²) in [4.78, 5) is 14.2. The number of nitrogens with zero attached hydrogens (tertiary/aromatic N) is 1. The van der Waals surface area contributed by atoms with E-state index < -0.39 is 6.10 Å². The van der Waals surface area contributed by atoms with Crippen LogP contribution in [0.15, 0.2) is 24.3 Å². The molecule has 0 bridgehead atoms. The van der Waals surface area contributed by atoms with Gasteiger partial charge in [0.25, 0.3) is 5.91 Å². The zero-order valence-electron chi connectivity index (χ0n) is 10.5. The lowest BCUT2D eigenvalue weighted by atomic mass is 10.1. The Kier molecular flexibility index (Phi) is 2.86. The van der Waals surface area contributed by atoms with Crippen LogP contribution in [0.3, 0.4) is 0 Å². The van der Waals surface area contributed by atoms with Crippen molar-refractivity contribution in [2.24, 2.45) is 0 Å². The number of ether oxygens (including phenoxy) is 2. The molecule has 1 amide bonds. The van der Waals surface area contributed by atoms with Crippen molar-refractivity contribution in [3.05, 3.63) is 24.3 Å². The van der Waals surface area contributed by atoms with Crippen LogP contribution in [0.1, 0.15) is 19.8 Å². The highest BCUT2D eigenvalue weighted by atomic mass is 16.6. The van der Waals surface area contributed by atoms with E-state index in [0.29, 0.717) is 5.75 Å². The summed E-state index contributed by atoms with van der Waals surface area (Å²) < 4.78 is 11.6. The van der Waals surface area contributed by atoms with Crippen LogP contribution in [0.4, 0.5) is 0 Å². The van der Waals surface area contributed by atoms with Crippen molar-refractivity contribution in [3.8, 4) is 11.5 Å². The normalized spacial score (nSPS) is 26.2. The molecule has 2 aliphatic rings. The molecule has 1 saturated heterocycles. The highest BCUT2D eigenvalue weighted by molar-refractivity contribution is 5.82. The standard InChI is InChI=1S/C14H17NO3/c1-10-13(14(16)15-8-4-5-9-15)18-12-7-3-2-6-11(12)17-10/h2-3,6-7,10,13H,4-5,8-9H2,1H3. The SMILES string of the molecule is CC1Oc2ccccc2OC1C(=O)N1CCCC1. The third-order valence-electron chi connectivity index (χ3n) is 3.50. The fourth-order valence-electron chi connectivity index (χ4n) is 2.51. The van der Waals surface area contributed by atoms with E-state index in [1.54, 1.807) is 0 Å². The number of likely N-dealkylation sites (tertiary alicyclic amines) is 1. The highest BCUT2D eigenvalue weighted by Crippen LogP contribution is 2.34. The van der Waals surface area contributed by atoms with Crippen LogP contribution in [0, 0.1) is 0 Å². The molecule has 0 N–H and O–H groups in total. The molecule has 1 aromatic rings. The minimum Gasteiger partial charge on any atom is -0.482 e. The summed E-state index contributed by atoms with van der Waals surface area (Å²) in [6.07, 6.45) is 1.42. The average Bonchev–Trinajstić information content (AvgIpc) is 2.91. The summed E-state index contributed by atoms with van der Waals surface area (Å²) in [7, 11) is 0. The van der Waals surface area contributed by atoms with Gasteiger partial charge in [0.1, 0.15) is 6.10 Å². The molecule has 1 aromatic carbocycles. The smallest absolute Gasteiger partial charge is 0.267 e. The van der Waals surface area contributed by atoms with E-state index in [0.717, 1.165) is 31.7 Å². The van der Waals surface area contributed by atoms with Crippen LogP contribution < -0.4 is 9.47 Å². The summed E-state index contributed by atoms with van der Waals surface area (Å²) >= 11 is 0. The minimum absolute atomic E-state index is 0.0505. The van der Waals surface area contributed by atoms with Gasteiger partial charge in [-0.2, -0.15) is 0 Å². The van der Waals surface area contributed by atoms with Gasteiger partial charge in [0.2, 0.25) is 6.10 Å². The fourth-order valence-corrected chi connectivity index (χ4v) is 2.51. The van der Waals surface area contributed by atoms with Gasteiger partial charge < -0.3 is 14.4 Å². The minimum atomic E-state index is -0.516. The fraction of sp³-hybridized carbons (Fsp3) is 0.500. The summed E-state index contributed by atoms with van der Waals surface area (Å²) in [5, 5.41) is 0. The zero-order chi connectivity index (χ0) is 12.5. The molecule has 0 radical (unpaired) electrons. The number of rotatable bonds is 1. The lowest BCUT2D eigenvalue weighted by Crippen LogP contribution is -2.49. The van der Waals surface area contributed by atoms with Gasteiger partial charge in [-0.05, 0) is 31.9 Å².